The van der Waals surface area contributed by atoms with Gasteiger partial charge in [0.15, 0.2) is 5.16 Å². The lowest BCUT2D eigenvalue weighted by atomic mass is 10.2. The summed E-state index contributed by atoms with van der Waals surface area (Å²) in [6, 6.07) is 12.2. The van der Waals surface area contributed by atoms with Crippen molar-refractivity contribution in [3.8, 4) is 5.69 Å². The van der Waals surface area contributed by atoms with Gasteiger partial charge in [0.25, 0.3) is 5.56 Å². The smallest absolute Gasteiger partial charge is 0.266 e. The van der Waals surface area contributed by atoms with Crippen molar-refractivity contribution in [1.29, 1.82) is 0 Å². The van der Waals surface area contributed by atoms with E-state index < -0.39 is 0 Å². The minimum atomic E-state index is -0.144. The Bertz CT molecular complexity index is 875. The maximum atomic E-state index is 12.8. The molecule has 0 unspecified atom stereocenters. The molecule has 21 heavy (non-hydrogen) atoms. The van der Waals surface area contributed by atoms with Crippen molar-refractivity contribution < 1.29 is 0 Å². The molecule has 0 aliphatic rings. The van der Waals surface area contributed by atoms with E-state index in [1.165, 1.54) is 11.8 Å². The highest BCUT2D eigenvalue weighted by Crippen LogP contribution is 2.22. The molecule has 0 spiro atoms. The monoisotopic (exact) mass is 336 g/mol. The molecule has 0 atom stereocenters. The predicted molar refractivity (Wildman–Crippen MR) is 89.1 cm³/mol. The lowest BCUT2D eigenvalue weighted by molar-refractivity contribution is 0.822. The average molecular weight is 337 g/mol. The van der Waals surface area contributed by atoms with Gasteiger partial charge < -0.3 is 0 Å². The van der Waals surface area contributed by atoms with E-state index in [0.717, 1.165) is 5.69 Å². The summed E-state index contributed by atoms with van der Waals surface area (Å²) in [6.45, 7) is 0. The molecular weight excluding hydrogens is 327 g/mol. The molecule has 1 aromatic heterocycles. The number of thioether (sulfide) groups is 1. The van der Waals surface area contributed by atoms with Crippen LogP contribution in [-0.4, -0.2) is 15.8 Å². The molecule has 0 N–H and O–H groups in total. The number of halogens is 2. The van der Waals surface area contributed by atoms with Gasteiger partial charge in [0, 0.05) is 10.0 Å². The lowest BCUT2D eigenvalue weighted by Crippen LogP contribution is -2.21. The van der Waals surface area contributed by atoms with Gasteiger partial charge in [-0.2, -0.15) is 0 Å². The van der Waals surface area contributed by atoms with Crippen LogP contribution in [0.4, 0.5) is 0 Å². The zero-order valence-electron chi connectivity index (χ0n) is 11.0. The van der Waals surface area contributed by atoms with Crippen LogP contribution in [-0.2, 0) is 0 Å². The van der Waals surface area contributed by atoms with E-state index >= 15 is 0 Å². The SMILES string of the molecule is CSc1nc2ccc(Cl)cc2c(=O)n1-c1ccc(Cl)cc1. The molecular formula is C15H10Cl2N2OS. The lowest BCUT2D eigenvalue weighted by Gasteiger charge is -2.12. The molecule has 3 rings (SSSR count). The molecule has 3 aromatic rings. The van der Waals surface area contributed by atoms with E-state index in [1.807, 2.05) is 6.26 Å². The van der Waals surface area contributed by atoms with Crippen LogP contribution >= 0.6 is 35.0 Å². The van der Waals surface area contributed by atoms with E-state index in [1.54, 1.807) is 47.0 Å². The molecule has 6 heteroatoms. The topological polar surface area (TPSA) is 34.9 Å². The standard InChI is InChI=1S/C15H10Cl2N2OS/c1-21-15-18-13-7-4-10(17)8-12(13)14(20)19(15)11-5-2-9(16)3-6-11/h2-8H,1H3. The third-order valence-electron chi connectivity index (χ3n) is 3.07. The fraction of sp³-hybridized carbons (Fsp3) is 0.0667. The number of fused-ring (bicyclic) bond motifs is 1. The van der Waals surface area contributed by atoms with Crippen LogP contribution in [0.1, 0.15) is 0 Å². The Morgan fingerprint density at radius 3 is 2.38 bits per heavy atom. The molecule has 0 saturated heterocycles. The number of nitrogens with zero attached hydrogens (tertiary/aromatic N) is 2. The molecule has 0 bridgehead atoms. The predicted octanol–water partition coefficient (Wildman–Crippen LogP) is 4.41. The Kier molecular flexibility index (Phi) is 3.93. The average Bonchev–Trinajstić information content (AvgIpc) is 2.49. The summed E-state index contributed by atoms with van der Waals surface area (Å²) in [4.78, 5) is 17.3. The van der Waals surface area contributed by atoms with Gasteiger partial charge in [0.2, 0.25) is 0 Å². The van der Waals surface area contributed by atoms with Gasteiger partial charge >= 0.3 is 0 Å². The van der Waals surface area contributed by atoms with E-state index in [0.29, 0.717) is 26.1 Å². The van der Waals surface area contributed by atoms with Gasteiger partial charge in [0.05, 0.1) is 16.6 Å². The molecule has 106 valence electrons. The highest BCUT2D eigenvalue weighted by atomic mass is 35.5. The number of hydrogen-bond donors (Lipinski definition) is 0. The Labute approximate surface area is 135 Å². The number of hydrogen-bond acceptors (Lipinski definition) is 3. The largest absolute Gasteiger partial charge is 0.268 e. The van der Waals surface area contributed by atoms with Crippen molar-refractivity contribution in [1.82, 2.24) is 9.55 Å². The highest BCUT2D eigenvalue weighted by Gasteiger charge is 2.12. The molecule has 0 fully saturated rings. The zero-order chi connectivity index (χ0) is 15.0. The van der Waals surface area contributed by atoms with Crippen LogP contribution in [0.2, 0.25) is 10.0 Å². The normalized spacial score (nSPS) is 11.0. The van der Waals surface area contributed by atoms with Crippen LogP contribution in [0.15, 0.2) is 52.4 Å². The molecule has 1 heterocycles. The Morgan fingerprint density at radius 2 is 1.71 bits per heavy atom. The van der Waals surface area contributed by atoms with Crippen LogP contribution in [0.3, 0.4) is 0 Å². The van der Waals surface area contributed by atoms with Crippen LogP contribution in [0, 0.1) is 0 Å². The van der Waals surface area contributed by atoms with Gasteiger partial charge in [-0.25, -0.2) is 4.98 Å². The number of aromatic nitrogens is 2. The highest BCUT2D eigenvalue weighted by molar-refractivity contribution is 7.98. The third-order valence-corrected chi connectivity index (χ3v) is 4.19. The minimum absolute atomic E-state index is 0.144. The fourth-order valence-corrected chi connectivity index (χ4v) is 2.95. The second kappa shape index (κ2) is 5.72. The fourth-order valence-electron chi connectivity index (χ4n) is 2.09. The summed E-state index contributed by atoms with van der Waals surface area (Å²) in [5.74, 6) is 0. The molecule has 0 radical (unpaired) electrons. The van der Waals surface area contributed by atoms with Crippen molar-refractivity contribution in [3.63, 3.8) is 0 Å². The summed E-state index contributed by atoms with van der Waals surface area (Å²) in [5, 5.41) is 2.25. The molecule has 2 aromatic carbocycles. The van der Waals surface area contributed by atoms with E-state index in [2.05, 4.69) is 4.98 Å². The van der Waals surface area contributed by atoms with Gasteiger partial charge in [-0.05, 0) is 48.7 Å². The Balaban J connectivity index is 2.37. The molecule has 0 aliphatic heterocycles. The maximum Gasteiger partial charge on any atom is 0.266 e. The quantitative estimate of drug-likeness (QED) is 0.513. The van der Waals surface area contributed by atoms with Gasteiger partial charge in [-0.3, -0.25) is 9.36 Å². The number of rotatable bonds is 2. The third kappa shape index (κ3) is 2.67. The Hall–Kier alpha value is -1.49. The van der Waals surface area contributed by atoms with E-state index in [4.69, 9.17) is 23.2 Å². The minimum Gasteiger partial charge on any atom is -0.268 e. The van der Waals surface area contributed by atoms with Crippen molar-refractivity contribution in [2.45, 2.75) is 5.16 Å². The van der Waals surface area contributed by atoms with Gasteiger partial charge in [-0.1, -0.05) is 35.0 Å². The molecule has 0 saturated carbocycles. The van der Waals surface area contributed by atoms with Crippen LogP contribution < -0.4 is 5.56 Å². The first-order chi connectivity index (χ1) is 10.1. The first-order valence-electron chi connectivity index (χ1n) is 6.12. The van der Waals surface area contributed by atoms with Crippen LogP contribution in [0.5, 0.6) is 0 Å². The summed E-state index contributed by atoms with van der Waals surface area (Å²) in [6.07, 6.45) is 1.88. The molecule has 0 amide bonds. The molecule has 0 aliphatic carbocycles. The number of benzene rings is 2. The van der Waals surface area contributed by atoms with Gasteiger partial charge in [-0.15, -0.1) is 0 Å². The Morgan fingerprint density at radius 1 is 1.05 bits per heavy atom. The molecule has 3 nitrogen and oxygen atoms in total. The summed E-state index contributed by atoms with van der Waals surface area (Å²) < 4.78 is 1.57. The van der Waals surface area contributed by atoms with Gasteiger partial charge in [0.1, 0.15) is 0 Å². The van der Waals surface area contributed by atoms with E-state index in [-0.39, 0.29) is 5.56 Å². The summed E-state index contributed by atoms with van der Waals surface area (Å²) >= 11 is 13.3. The first-order valence-corrected chi connectivity index (χ1v) is 8.10. The van der Waals surface area contributed by atoms with Crippen molar-refractivity contribution in [2.24, 2.45) is 0 Å². The summed E-state index contributed by atoms with van der Waals surface area (Å²) in [7, 11) is 0. The van der Waals surface area contributed by atoms with Crippen molar-refractivity contribution in [2.75, 3.05) is 6.26 Å². The second-order valence-electron chi connectivity index (χ2n) is 4.38. The van der Waals surface area contributed by atoms with E-state index in [9.17, 15) is 4.79 Å². The second-order valence-corrected chi connectivity index (χ2v) is 6.02. The maximum absolute atomic E-state index is 12.8. The zero-order valence-corrected chi connectivity index (χ0v) is 13.3. The summed E-state index contributed by atoms with van der Waals surface area (Å²) in [5.41, 5.74) is 1.22. The van der Waals surface area contributed by atoms with Crippen molar-refractivity contribution >= 4 is 45.9 Å². The van der Waals surface area contributed by atoms with Crippen molar-refractivity contribution in [3.05, 3.63) is 62.9 Å². The van der Waals surface area contributed by atoms with Crippen LogP contribution in [0.25, 0.3) is 16.6 Å². The first kappa shape index (κ1) is 14.4.